The number of allylic oxidation sites excluding steroid dienone is 1. The van der Waals surface area contributed by atoms with Gasteiger partial charge in [-0.05, 0) is 19.3 Å². The molecule has 16 heavy (non-hydrogen) atoms. The highest BCUT2D eigenvalue weighted by Gasteiger charge is 2.06. The third-order valence-corrected chi connectivity index (χ3v) is 2.97. The van der Waals surface area contributed by atoms with Gasteiger partial charge in [-0.2, -0.15) is 0 Å². The molecule has 0 fully saturated rings. The van der Waals surface area contributed by atoms with Crippen LogP contribution in [0.2, 0.25) is 10.2 Å². The van der Waals surface area contributed by atoms with Gasteiger partial charge in [-0.3, -0.25) is 9.36 Å². The van der Waals surface area contributed by atoms with Crippen molar-refractivity contribution >= 4 is 23.2 Å². The summed E-state index contributed by atoms with van der Waals surface area (Å²) in [5, 5.41) is 0.0600. The standard InChI is InChI=1S/C11H14Cl2N2O/c1-2-3-4-5-6-7-15-8-14-10(13)9(12)11(15)16/h2,8H,1,3-7H2. The van der Waals surface area contributed by atoms with Crippen LogP contribution in [0.15, 0.2) is 23.8 Å². The minimum Gasteiger partial charge on any atom is -0.298 e. The van der Waals surface area contributed by atoms with Crippen LogP contribution in [0.4, 0.5) is 0 Å². The van der Waals surface area contributed by atoms with Crippen LogP contribution in [0.25, 0.3) is 0 Å². The smallest absolute Gasteiger partial charge is 0.273 e. The van der Waals surface area contributed by atoms with E-state index in [0.29, 0.717) is 6.54 Å². The summed E-state index contributed by atoms with van der Waals surface area (Å²) in [5.41, 5.74) is -0.273. The monoisotopic (exact) mass is 260 g/mol. The highest BCUT2D eigenvalue weighted by Crippen LogP contribution is 2.12. The van der Waals surface area contributed by atoms with Crippen molar-refractivity contribution in [2.45, 2.75) is 32.2 Å². The normalized spacial score (nSPS) is 10.4. The van der Waals surface area contributed by atoms with E-state index in [1.54, 1.807) is 0 Å². The molecule has 0 saturated carbocycles. The number of aromatic nitrogens is 2. The first-order valence-electron chi connectivity index (χ1n) is 5.18. The van der Waals surface area contributed by atoms with Crippen molar-refractivity contribution < 1.29 is 0 Å². The average molecular weight is 261 g/mol. The first-order valence-corrected chi connectivity index (χ1v) is 5.93. The fourth-order valence-electron chi connectivity index (χ4n) is 1.35. The molecule has 1 heterocycles. The van der Waals surface area contributed by atoms with Gasteiger partial charge < -0.3 is 0 Å². The molecule has 1 aromatic rings. The molecular weight excluding hydrogens is 247 g/mol. The van der Waals surface area contributed by atoms with E-state index in [9.17, 15) is 4.79 Å². The van der Waals surface area contributed by atoms with Gasteiger partial charge in [-0.1, -0.05) is 35.7 Å². The molecule has 0 aromatic carbocycles. The van der Waals surface area contributed by atoms with Gasteiger partial charge in [-0.15, -0.1) is 6.58 Å². The Kier molecular flexibility index (Phi) is 5.56. The lowest BCUT2D eigenvalue weighted by Gasteiger charge is -2.05. The van der Waals surface area contributed by atoms with Crippen molar-refractivity contribution in [3.05, 3.63) is 39.5 Å². The lowest BCUT2D eigenvalue weighted by Crippen LogP contribution is -2.21. The van der Waals surface area contributed by atoms with E-state index in [2.05, 4.69) is 11.6 Å². The van der Waals surface area contributed by atoms with E-state index >= 15 is 0 Å². The summed E-state index contributed by atoms with van der Waals surface area (Å²) < 4.78 is 1.49. The number of hydrogen-bond acceptors (Lipinski definition) is 2. The van der Waals surface area contributed by atoms with Gasteiger partial charge in [0.05, 0.1) is 6.33 Å². The predicted octanol–water partition coefficient (Wildman–Crippen LogP) is 3.30. The zero-order valence-corrected chi connectivity index (χ0v) is 10.5. The third kappa shape index (κ3) is 3.65. The Hall–Kier alpha value is -0.800. The van der Waals surface area contributed by atoms with E-state index < -0.39 is 0 Å². The first kappa shape index (κ1) is 13.3. The van der Waals surface area contributed by atoms with Crippen LogP contribution in [0.1, 0.15) is 25.7 Å². The highest BCUT2D eigenvalue weighted by molar-refractivity contribution is 6.40. The fourth-order valence-corrected chi connectivity index (χ4v) is 1.63. The summed E-state index contributed by atoms with van der Waals surface area (Å²) in [6.07, 6.45) is 7.41. The highest BCUT2D eigenvalue weighted by atomic mass is 35.5. The molecule has 5 heteroatoms. The Bertz CT molecular complexity index is 415. The van der Waals surface area contributed by atoms with Crippen LogP contribution >= 0.6 is 23.2 Å². The van der Waals surface area contributed by atoms with Crippen LogP contribution in [-0.4, -0.2) is 9.55 Å². The maximum Gasteiger partial charge on any atom is 0.273 e. The summed E-state index contributed by atoms with van der Waals surface area (Å²) in [5.74, 6) is 0. The van der Waals surface area contributed by atoms with E-state index in [1.807, 2.05) is 6.08 Å². The second-order valence-electron chi connectivity index (χ2n) is 3.49. The van der Waals surface area contributed by atoms with Gasteiger partial charge in [0.25, 0.3) is 5.56 Å². The largest absolute Gasteiger partial charge is 0.298 e. The quantitative estimate of drug-likeness (QED) is 0.447. The first-order chi connectivity index (χ1) is 7.66. The van der Waals surface area contributed by atoms with Crippen molar-refractivity contribution in [2.24, 2.45) is 0 Å². The van der Waals surface area contributed by atoms with E-state index in [4.69, 9.17) is 23.2 Å². The van der Waals surface area contributed by atoms with E-state index in [-0.39, 0.29) is 15.7 Å². The number of nitrogens with zero attached hydrogens (tertiary/aromatic N) is 2. The molecule has 0 spiro atoms. The number of rotatable bonds is 6. The lowest BCUT2D eigenvalue weighted by atomic mass is 10.2. The Morgan fingerprint density at radius 1 is 1.38 bits per heavy atom. The third-order valence-electron chi connectivity index (χ3n) is 2.25. The zero-order valence-electron chi connectivity index (χ0n) is 8.96. The molecule has 0 saturated heterocycles. The molecule has 0 atom stereocenters. The van der Waals surface area contributed by atoms with Gasteiger partial charge in [0.15, 0.2) is 5.15 Å². The maximum absolute atomic E-state index is 11.6. The number of halogens is 2. The molecule has 88 valence electrons. The second kappa shape index (κ2) is 6.71. The van der Waals surface area contributed by atoms with Crippen LogP contribution < -0.4 is 5.56 Å². The Morgan fingerprint density at radius 3 is 2.81 bits per heavy atom. The lowest BCUT2D eigenvalue weighted by molar-refractivity contribution is 0.570. The second-order valence-corrected chi connectivity index (χ2v) is 4.22. The Morgan fingerprint density at radius 2 is 2.12 bits per heavy atom. The van der Waals surface area contributed by atoms with Crippen LogP contribution in [0, 0.1) is 0 Å². The van der Waals surface area contributed by atoms with Gasteiger partial charge in [0.1, 0.15) is 5.02 Å². The SMILES string of the molecule is C=CCCCCCn1cnc(Cl)c(Cl)c1=O. The van der Waals surface area contributed by atoms with E-state index in [0.717, 1.165) is 25.7 Å². The summed E-state index contributed by atoms with van der Waals surface area (Å²) in [4.78, 5) is 15.4. The van der Waals surface area contributed by atoms with Gasteiger partial charge in [0.2, 0.25) is 0 Å². The minimum absolute atomic E-state index is 0.00439. The van der Waals surface area contributed by atoms with Gasteiger partial charge in [0, 0.05) is 6.54 Å². The molecule has 0 N–H and O–H groups in total. The van der Waals surface area contributed by atoms with Crippen molar-refractivity contribution in [1.29, 1.82) is 0 Å². The molecule has 0 bridgehead atoms. The summed E-state index contributed by atoms with van der Waals surface area (Å²) in [6, 6.07) is 0. The number of hydrogen-bond donors (Lipinski definition) is 0. The van der Waals surface area contributed by atoms with Gasteiger partial charge in [-0.25, -0.2) is 4.98 Å². The topological polar surface area (TPSA) is 34.9 Å². The summed E-state index contributed by atoms with van der Waals surface area (Å²) in [7, 11) is 0. The average Bonchev–Trinajstić information content (AvgIpc) is 2.28. The zero-order chi connectivity index (χ0) is 12.0. The van der Waals surface area contributed by atoms with Crippen LogP contribution in [0.3, 0.4) is 0 Å². The molecule has 1 aromatic heterocycles. The van der Waals surface area contributed by atoms with E-state index in [1.165, 1.54) is 10.9 Å². The van der Waals surface area contributed by atoms with Crippen molar-refractivity contribution in [3.63, 3.8) is 0 Å². The number of aryl methyl sites for hydroxylation is 1. The van der Waals surface area contributed by atoms with Crippen LogP contribution in [0.5, 0.6) is 0 Å². The van der Waals surface area contributed by atoms with Crippen LogP contribution in [-0.2, 0) is 6.54 Å². The molecule has 3 nitrogen and oxygen atoms in total. The summed E-state index contributed by atoms with van der Waals surface area (Å²) >= 11 is 11.3. The van der Waals surface area contributed by atoms with Gasteiger partial charge >= 0.3 is 0 Å². The fraction of sp³-hybridized carbons (Fsp3) is 0.455. The molecule has 0 amide bonds. The number of unbranched alkanes of at least 4 members (excludes halogenated alkanes) is 3. The molecule has 0 aliphatic rings. The maximum atomic E-state index is 11.6. The van der Waals surface area contributed by atoms with Crippen molar-refractivity contribution in [1.82, 2.24) is 9.55 Å². The molecular formula is C11H14Cl2N2O. The molecule has 0 aliphatic heterocycles. The Labute approximate surface area is 105 Å². The molecule has 0 unspecified atom stereocenters. The predicted molar refractivity (Wildman–Crippen MR) is 67.2 cm³/mol. The molecule has 1 rings (SSSR count). The molecule has 0 aliphatic carbocycles. The van der Waals surface area contributed by atoms with Crippen molar-refractivity contribution in [2.75, 3.05) is 0 Å². The Balaban J connectivity index is 2.52. The minimum atomic E-state index is -0.273. The van der Waals surface area contributed by atoms with Crippen molar-refractivity contribution in [3.8, 4) is 0 Å². The summed E-state index contributed by atoms with van der Waals surface area (Å²) in [6.45, 7) is 4.28. The molecule has 0 radical (unpaired) electrons.